The van der Waals surface area contributed by atoms with Gasteiger partial charge in [-0.25, -0.2) is 0 Å². The van der Waals surface area contributed by atoms with E-state index in [2.05, 4.69) is 11.4 Å². The molecular weight excluding hydrogens is 335 g/mol. The van der Waals surface area contributed by atoms with Crippen molar-refractivity contribution in [3.8, 4) is 0 Å². The Hall–Kier alpha value is -1.95. The van der Waals surface area contributed by atoms with Crippen molar-refractivity contribution in [2.24, 2.45) is 0 Å². The summed E-state index contributed by atoms with van der Waals surface area (Å²) in [5.41, 5.74) is 2.35. The predicted octanol–water partition coefficient (Wildman–Crippen LogP) is 5.19. The normalized spacial score (nSPS) is 11.4. The van der Waals surface area contributed by atoms with Crippen LogP contribution in [0.15, 0.2) is 42.5 Å². The van der Waals surface area contributed by atoms with Crippen molar-refractivity contribution in [1.29, 1.82) is 0 Å². The molecule has 0 spiro atoms. The molecule has 0 heterocycles. The zero-order valence-corrected chi connectivity index (χ0v) is 14.2. The molecule has 0 aliphatic rings. The van der Waals surface area contributed by atoms with Crippen LogP contribution in [0.1, 0.15) is 22.3 Å². The Balaban J connectivity index is 1.92. The molecule has 24 heavy (non-hydrogen) atoms. The Bertz CT molecular complexity index is 708. The van der Waals surface area contributed by atoms with Crippen molar-refractivity contribution in [3.63, 3.8) is 0 Å². The first-order valence-electron chi connectivity index (χ1n) is 7.36. The molecule has 0 radical (unpaired) electrons. The molecule has 0 bridgehead atoms. The lowest BCUT2D eigenvalue weighted by atomic mass is 10.1. The molecule has 1 N–H and O–H groups in total. The van der Waals surface area contributed by atoms with Crippen LogP contribution in [0.5, 0.6) is 0 Å². The summed E-state index contributed by atoms with van der Waals surface area (Å²) in [6.45, 7) is 4.00. The lowest BCUT2D eigenvalue weighted by molar-refractivity contribution is -0.137. The minimum Gasteiger partial charge on any atom is -0.325 e. The summed E-state index contributed by atoms with van der Waals surface area (Å²) in [6, 6.07) is 11.1. The SMILES string of the molecule is Cc1cc(C)cc(CSCC(=O)Nc2ccccc2C(F)(F)F)c1. The van der Waals surface area contributed by atoms with Gasteiger partial charge in [-0.3, -0.25) is 4.79 Å². The van der Waals surface area contributed by atoms with E-state index in [4.69, 9.17) is 0 Å². The highest BCUT2D eigenvalue weighted by atomic mass is 32.2. The Kier molecular flexibility index (Phi) is 5.94. The van der Waals surface area contributed by atoms with Crippen LogP contribution in [-0.2, 0) is 16.7 Å². The highest BCUT2D eigenvalue weighted by molar-refractivity contribution is 7.99. The number of thioether (sulfide) groups is 1. The van der Waals surface area contributed by atoms with Crippen LogP contribution < -0.4 is 5.32 Å². The fraction of sp³-hybridized carbons (Fsp3) is 0.278. The summed E-state index contributed by atoms with van der Waals surface area (Å²) in [5.74, 6) is 0.289. The standard InChI is InChI=1S/C18H18F3NOS/c1-12-7-13(2)9-14(8-12)10-24-11-17(23)22-16-6-4-3-5-15(16)18(19,20)21/h3-9H,10-11H2,1-2H3,(H,22,23). The largest absolute Gasteiger partial charge is 0.418 e. The number of amides is 1. The van der Waals surface area contributed by atoms with Crippen LogP contribution in [0.4, 0.5) is 18.9 Å². The van der Waals surface area contributed by atoms with Gasteiger partial charge >= 0.3 is 6.18 Å². The van der Waals surface area contributed by atoms with Crippen molar-refractivity contribution in [2.45, 2.75) is 25.8 Å². The minimum atomic E-state index is -4.49. The van der Waals surface area contributed by atoms with Crippen LogP contribution >= 0.6 is 11.8 Å². The number of rotatable bonds is 5. The highest BCUT2D eigenvalue weighted by Gasteiger charge is 2.33. The molecular formula is C18H18F3NOS. The average Bonchev–Trinajstić information content (AvgIpc) is 2.45. The lowest BCUT2D eigenvalue weighted by Crippen LogP contribution is -2.18. The summed E-state index contributed by atoms with van der Waals surface area (Å²) in [7, 11) is 0. The van der Waals surface area contributed by atoms with E-state index in [-0.39, 0.29) is 11.4 Å². The van der Waals surface area contributed by atoms with E-state index in [1.54, 1.807) is 0 Å². The zero-order chi connectivity index (χ0) is 17.7. The number of hydrogen-bond acceptors (Lipinski definition) is 2. The smallest absolute Gasteiger partial charge is 0.325 e. The van der Waals surface area contributed by atoms with Gasteiger partial charge in [0.2, 0.25) is 5.91 Å². The van der Waals surface area contributed by atoms with Crippen molar-refractivity contribution in [2.75, 3.05) is 11.1 Å². The third-order valence-electron chi connectivity index (χ3n) is 3.29. The van der Waals surface area contributed by atoms with E-state index >= 15 is 0 Å². The van der Waals surface area contributed by atoms with Gasteiger partial charge in [0.25, 0.3) is 0 Å². The maximum Gasteiger partial charge on any atom is 0.418 e. The monoisotopic (exact) mass is 353 g/mol. The topological polar surface area (TPSA) is 29.1 Å². The number of nitrogens with one attached hydrogen (secondary N) is 1. The number of carbonyl (C=O) groups excluding carboxylic acids is 1. The Morgan fingerprint density at radius 1 is 1.08 bits per heavy atom. The van der Waals surface area contributed by atoms with E-state index in [0.717, 1.165) is 22.8 Å². The van der Waals surface area contributed by atoms with E-state index in [9.17, 15) is 18.0 Å². The maximum atomic E-state index is 12.9. The van der Waals surface area contributed by atoms with Crippen LogP contribution in [0.25, 0.3) is 0 Å². The lowest BCUT2D eigenvalue weighted by Gasteiger charge is -2.13. The quantitative estimate of drug-likeness (QED) is 0.801. The minimum absolute atomic E-state index is 0.0964. The average molecular weight is 353 g/mol. The molecule has 0 fully saturated rings. The van der Waals surface area contributed by atoms with Crippen molar-refractivity contribution in [3.05, 3.63) is 64.7 Å². The number of carbonyl (C=O) groups is 1. The third-order valence-corrected chi connectivity index (χ3v) is 4.29. The molecule has 0 saturated heterocycles. The number of aryl methyl sites for hydroxylation is 2. The first-order valence-corrected chi connectivity index (χ1v) is 8.52. The second-order valence-electron chi connectivity index (χ2n) is 5.58. The number of halogens is 3. The molecule has 2 rings (SSSR count). The molecule has 0 aliphatic carbocycles. The molecule has 1 amide bonds. The number of benzene rings is 2. The first-order chi connectivity index (χ1) is 11.3. The first kappa shape index (κ1) is 18.4. The van der Waals surface area contributed by atoms with Gasteiger partial charge in [0.05, 0.1) is 17.0 Å². The van der Waals surface area contributed by atoms with Crippen LogP contribution in [-0.4, -0.2) is 11.7 Å². The maximum absolute atomic E-state index is 12.9. The summed E-state index contributed by atoms with van der Waals surface area (Å²) in [4.78, 5) is 11.9. The van der Waals surface area contributed by atoms with E-state index < -0.39 is 17.6 Å². The molecule has 2 nitrogen and oxygen atoms in total. The predicted molar refractivity (Wildman–Crippen MR) is 92.2 cm³/mol. The summed E-state index contributed by atoms with van der Waals surface area (Å²) in [5, 5.41) is 2.35. The molecule has 0 saturated carbocycles. The number of hydrogen-bond donors (Lipinski definition) is 1. The van der Waals surface area contributed by atoms with Gasteiger partial charge < -0.3 is 5.32 Å². The number of alkyl halides is 3. The van der Waals surface area contributed by atoms with Gasteiger partial charge in [0.15, 0.2) is 0 Å². The third kappa shape index (κ3) is 5.30. The molecule has 0 aliphatic heterocycles. The van der Waals surface area contributed by atoms with Crippen molar-refractivity contribution in [1.82, 2.24) is 0 Å². The second-order valence-corrected chi connectivity index (χ2v) is 6.57. The molecule has 0 atom stereocenters. The van der Waals surface area contributed by atoms with Gasteiger partial charge in [0, 0.05) is 5.75 Å². The number of anilines is 1. The summed E-state index contributed by atoms with van der Waals surface area (Å²) in [6.07, 6.45) is -4.49. The Morgan fingerprint density at radius 3 is 2.33 bits per heavy atom. The highest BCUT2D eigenvalue weighted by Crippen LogP contribution is 2.34. The fourth-order valence-electron chi connectivity index (χ4n) is 2.44. The summed E-state index contributed by atoms with van der Waals surface area (Å²) >= 11 is 1.37. The van der Waals surface area contributed by atoms with E-state index in [1.807, 2.05) is 26.0 Å². The van der Waals surface area contributed by atoms with Gasteiger partial charge in [-0.05, 0) is 31.5 Å². The van der Waals surface area contributed by atoms with E-state index in [0.29, 0.717) is 5.75 Å². The molecule has 0 unspecified atom stereocenters. The number of para-hydroxylation sites is 1. The van der Waals surface area contributed by atoms with E-state index in [1.165, 1.54) is 30.0 Å². The molecule has 2 aromatic rings. The van der Waals surface area contributed by atoms with Crippen molar-refractivity contribution < 1.29 is 18.0 Å². The Morgan fingerprint density at radius 2 is 1.71 bits per heavy atom. The molecule has 0 aromatic heterocycles. The molecule has 2 aromatic carbocycles. The summed E-state index contributed by atoms with van der Waals surface area (Å²) < 4.78 is 38.7. The van der Waals surface area contributed by atoms with Gasteiger partial charge in [-0.15, -0.1) is 11.8 Å². The second kappa shape index (κ2) is 7.75. The van der Waals surface area contributed by atoms with Crippen molar-refractivity contribution >= 4 is 23.4 Å². The van der Waals surface area contributed by atoms with Gasteiger partial charge in [-0.2, -0.15) is 13.2 Å². The Labute approximate surface area is 143 Å². The fourth-order valence-corrected chi connectivity index (χ4v) is 3.20. The zero-order valence-electron chi connectivity index (χ0n) is 13.4. The molecule has 6 heteroatoms. The molecule has 128 valence electrons. The van der Waals surface area contributed by atoms with Gasteiger partial charge in [0.1, 0.15) is 0 Å². The van der Waals surface area contributed by atoms with Crippen LogP contribution in [0.2, 0.25) is 0 Å². The van der Waals surface area contributed by atoms with Gasteiger partial charge in [-0.1, -0.05) is 41.5 Å². The van der Waals surface area contributed by atoms with Crippen LogP contribution in [0.3, 0.4) is 0 Å². The van der Waals surface area contributed by atoms with Crippen LogP contribution in [0, 0.1) is 13.8 Å².